The summed E-state index contributed by atoms with van der Waals surface area (Å²) in [5.74, 6) is 0. The molecule has 1 N–H and O–H groups in total. The monoisotopic (exact) mass is 225 g/mol. The van der Waals surface area contributed by atoms with Gasteiger partial charge < -0.3 is 10.1 Å². The maximum atomic E-state index is 5.56. The Kier molecular flexibility index (Phi) is 6.11. The number of ether oxygens (including phenoxy) is 1. The van der Waals surface area contributed by atoms with E-state index in [9.17, 15) is 0 Å². The van der Waals surface area contributed by atoms with Crippen molar-refractivity contribution in [3.8, 4) is 0 Å². The summed E-state index contributed by atoms with van der Waals surface area (Å²) in [5.41, 5.74) is 1.22. The molecule has 92 valence electrons. The molecule has 0 aliphatic heterocycles. The lowest BCUT2D eigenvalue weighted by molar-refractivity contribution is 0.133. The molecule has 0 aromatic carbocycles. The summed E-state index contributed by atoms with van der Waals surface area (Å²) in [7, 11) is 1.96. The SMILES string of the molecule is CC(C)NCCCOCCc1ccnn1C. The van der Waals surface area contributed by atoms with Gasteiger partial charge in [-0.25, -0.2) is 0 Å². The van der Waals surface area contributed by atoms with E-state index in [-0.39, 0.29) is 0 Å². The fourth-order valence-electron chi connectivity index (χ4n) is 1.49. The number of aryl methyl sites for hydroxylation is 1. The molecule has 0 aliphatic rings. The summed E-state index contributed by atoms with van der Waals surface area (Å²) in [6.45, 7) is 6.95. The highest BCUT2D eigenvalue weighted by atomic mass is 16.5. The van der Waals surface area contributed by atoms with Crippen molar-refractivity contribution < 1.29 is 4.74 Å². The maximum absolute atomic E-state index is 5.56. The summed E-state index contributed by atoms with van der Waals surface area (Å²) >= 11 is 0. The molecule has 0 aliphatic carbocycles. The second kappa shape index (κ2) is 7.41. The molecule has 0 spiro atoms. The van der Waals surface area contributed by atoms with Crippen molar-refractivity contribution >= 4 is 0 Å². The van der Waals surface area contributed by atoms with E-state index in [2.05, 4.69) is 24.3 Å². The third-order valence-electron chi connectivity index (χ3n) is 2.44. The minimum absolute atomic E-state index is 0.564. The van der Waals surface area contributed by atoms with Crippen molar-refractivity contribution in [2.75, 3.05) is 19.8 Å². The molecular weight excluding hydrogens is 202 g/mol. The number of nitrogens with zero attached hydrogens (tertiary/aromatic N) is 2. The molecule has 1 rings (SSSR count). The van der Waals surface area contributed by atoms with Crippen molar-refractivity contribution in [1.29, 1.82) is 0 Å². The molecule has 1 aromatic rings. The molecule has 0 bridgehead atoms. The molecule has 16 heavy (non-hydrogen) atoms. The highest BCUT2D eigenvalue weighted by Gasteiger charge is 1.98. The fraction of sp³-hybridized carbons (Fsp3) is 0.750. The third-order valence-corrected chi connectivity index (χ3v) is 2.44. The lowest BCUT2D eigenvalue weighted by atomic mass is 10.3. The summed E-state index contributed by atoms with van der Waals surface area (Å²) in [5, 5.41) is 7.48. The second-order valence-electron chi connectivity index (χ2n) is 4.27. The first kappa shape index (κ1) is 13.2. The highest BCUT2D eigenvalue weighted by molar-refractivity contribution is 4.99. The van der Waals surface area contributed by atoms with Crippen LogP contribution in [-0.2, 0) is 18.2 Å². The zero-order chi connectivity index (χ0) is 11.8. The van der Waals surface area contributed by atoms with E-state index in [1.54, 1.807) is 0 Å². The Morgan fingerprint density at radius 1 is 1.44 bits per heavy atom. The second-order valence-corrected chi connectivity index (χ2v) is 4.27. The lowest BCUT2D eigenvalue weighted by Gasteiger charge is -2.08. The van der Waals surface area contributed by atoms with Crippen LogP contribution in [0.15, 0.2) is 12.3 Å². The molecule has 4 nitrogen and oxygen atoms in total. The fourth-order valence-corrected chi connectivity index (χ4v) is 1.49. The van der Waals surface area contributed by atoms with Crippen molar-refractivity contribution in [2.45, 2.75) is 32.7 Å². The van der Waals surface area contributed by atoms with Crippen LogP contribution in [0.3, 0.4) is 0 Å². The van der Waals surface area contributed by atoms with E-state index in [0.717, 1.165) is 32.6 Å². The van der Waals surface area contributed by atoms with Crippen molar-refractivity contribution in [3.63, 3.8) is 0 Å². The maximum Gasteiger partial charge on any atom is 0.0521 e. The molecule has 4 heteroatoms. The van der Waals surface area contributed by atoms with E-state index in [1.807, 2.05) is 24.0 Å². The van der Waals surface area contributed by atoms with Crippen LogP contribution in [0.5, 0.6) is 0 Å². The van der Waals surface area contributed by atoms with E-state index < -0.39 is 0 Å². The van der Waals surface area contributed by atoms with Gasteiger partial charge in [0.25, 0.3) is 0 Å². The zero-order valence-corrected chi connectivity index (χ0v) is 10.6. The van der Waals surface area contributed by atoms with Gasteiger partial charge in [0.2, 0.25) is 0 Å². The summed E-state index contributed by atoms with van der Waals surface area (Å²) in [6, 6.07) is 2.60. The smallest absolute Gasteiger partial charge is 0.0521 e. The lowest BCUT2D eigenvalue weighted by Crippen LogP contribution is -2.24. The van der Waals surface area contributed by atoms with Crippen LogP contribution in [-0.4, -0.2) is 35.6 Å². The average Bonchev–Trinajstić information content (AvgIpc) is 2.62. The van der Waals surface area contributed by atoms with Crippen LogP contribution >= 0.6 is 0 Å². The molecule has 0 unspecified atom stereocenters. The molecule has 0 saturated heterocycles. The molecule has 0 atom stereocenters. The van der Waals surface area contributed by atoms with Gasteiger partial charge in [-0.3, -0.25) is 4.68 Å². The molecule has 0 amide bonds. The standard InChI is InChI=1S/C12H23N3O/c1-11(2)13-7-4-9-16-10-6-12-5-8-14-15(12)3/h5,8,11,13H,4,6-7,9-10H2,1-3H3. The number of hydrogen-bond donors (Lipinski definition) is 1. The Morgan fingerprint density at radius 2 is 2.25 bits per heavy atom. The van der Waals surface area contributed by atoms with Crippen molar-refractivity contribution in [2.24, 2.45) is 7.05 Å². The topological polar surface area (TPSA) is 39.1 Å². The van der Waals surface area contributed by atoms with Crippen LogP contribution in [0.2, 0.25) is 0 Å². The van der Waals surface area contributed by atoms with Gasteiger partial charge in [0.15, 0.2) is 0 Å². The van der Waals surface area contributed by atoms with Crippen LogP contribution < -0.4 is 5.32 Å². The number of hydrogen-bond acceptors (Lipinski definition) is 3. The van der Waals surface area contributed by atoms with E-state index in [1.165, 1.54) is 5.69 Å². The summed E-state index contributed by atoms with van der Waals surface area (Å²) in [4.78, 5) is 0. The Bertz CT molecular complexity index is 284. The van der Waals surface area contributed by atoms with Crippen molar-refractivity contribution in [1.82, 2.24) is 15.1 Å². The van der Waals surface area contributed by atoms with Gasteiger partial charge in [0.05, 0.1) is 6.61 Å². The minimum Gasteiger partial charge on any atom is -0.381 e. The quantitative estimate of drug-likeness (QED) is 0.679. The number of rotatable bonds is 8. The first-order valence-electron chi connectivity index (χ1n) is 5.98. The predicted molar refractivity (Wildman–Crippen MR) is 65.5 cm³/mol. The van der Waals surface area contributed by atoms with E-state index in [0.29, 0.717) is 6.04 Å². The first-order chi connectivity index (χ1) is 7.70. The first-order valence-corrected chi connectivity index (χ1v) is 5.98. The van der Waals surface area contributed by atoms with Crippen LogP contribution in [0, 0.1) is 0 Å². The number of aromatic nitrogens is 2. The number of nitrogens with one attached hydrogen (secondary N) is 1. The minimum atomic E-state index is 0.564. The molecular formula is C12H23N3O. The van der Waals surface area contributed by atoms with Gasteiger partial charge in [0, 0.05) is 38.0 Å². The van der Waals surface area contributed by atoms with Crippen LogP contribution in [0.4, 0.5) is 0 Å². The highest BCUT2D eigenvalue weighted by Crippen LogP contribution is 1.97. The third kappa shape index (κ3) is 5.28. The molecule has 0 radical (unpaired) electrons. The van der Waals surface area contributed by atoms with E-state index >= 15 is 0 Å². The average molecular weight is 225 g/mol. The van der Waals surface area contributed by atoms with Crippen LogP contribution in [0.1, 0.15) is 26.0 Å². The predicted octanol–water partition coefficient (Wildman–Crippen LogP) is 1.37. The van der Waals surface area contributed by atoms with Gasteiger partial charge in [-0.2, -0.15) is 5.10 Å². The van der Waals surface area contributed by atoms with Gasteiger partial charge >= 0.3 is 0 Å². The largest absolute Gasteiger partial charge is 0.381 e. The van der Waals surface area contributed by atoms with Gasteiger partial charge in [-0.1, -0.05) is 13.8 Å². The molecule has 1 aromatic heterocycles. The molecule has 0 saturated carbocycles. The van der Waals surface area contributed by atoms with E-state index in [4.69, 9.17) is 4.74 Å². The van der Waals surface area contributed by atoms with Gasteiger partial charge in [-0.05, 0) is 19.0 Å². The normalized spacial score (nSPS) is 11.2. The Hall–Kier alpha value is -0.870. The summed E-state index contributed by atoms with van der Waals surface area (Å²) < 4.78 is 7.46. The Morgan fingerprint density at radius 3 is 2.88 bits per heavy atom. The Balaban J connectivity index is 1.94. The van der Waals surface area contributed by atoms with Crippen molar-refractivity contribution in [3.05, 3.63) is 18.0 Å². The molecule has 1 heterocycles. The molecule has 0 fully saturated rings. The zero-order valence-electron chi connectivity index (χ0n) is 10.6. The van der Waals surface area contributed by atoms with Crippen LogP contribution in [0.25, 0.3) is 0 Å². The Labute approximate surface area is 98.0 Å². The van der Waals surface area contributed by atoms with Gasteiger partial charge in [-0.15, -0.1) is 0 Å². The van der Waals surface area contributed by atoms with Gasteiger partial charge in [0.1, 0.15) is 0 Å². The summed E-state index contributed by atoms with van der Waals surface area (Å²) in [6.07, 6.45) is 3.83.